The fourth-order valence-electron chi connectivity index (χ4n) is 3.48. The first-order chi connectivity index (χ1) is 14.9. The van der Waals surface area contributed by atoms with Gasteiger partial charge >= 0.3 is 6.03 Å². The van der Waals surface area contributed by atoms with Gasteiger partial charge in [-0.1, -0.05) is 18.5 Å². The first-order valence-electron chi connectivity index (χ1n) is 10.6. The number of nitrogens with one attached hydrogen (secondary N) is 3. The number of carbonyl (C=O) groups excluding carboxylic acids is 2. The summed E-state index contributed by atoms with van der Waals surface area (Å²) in [6, 6.07) is 8.82. The van der Waals surface area contributed by atoms with Gasteiger partial charge in [-0.15, -0.1) is 0 Å². The van der Waals surface area contributed by atoms with Crippen molar-refractivity contribution in [1.29, 1.82) is 0 Å². The minimum atomic E-state index is -0.558. The van der Waals surface area contributed by atoms with Crippen LogP contribution in [0.25, 0.3) is 0 Å². The summed E-state index contributed by atoms with van der Waals surface area (Å²) in [7, 11) is 0. The molecule has 0 aromatic heterocycles. The van der Waals surface area contributed by atoms with Crippen molar-refractivity contribution in [1.82, 2.24) is 5.32 Å². The minimum Gasteiger partial charge on any atom is -0.371 e. The molecule has 8 heteroatoms. The molecule has 3 rings (SSSR count). The summed E-state index contributed by atoms with van der Waals surface area (Å²) in [5, 5.41) is 8.28. The van der Waals surface area contributed by atoms with Gasteiger partial charge in [-0.2, -0.15) is 0 Å². The third kappa shape index (κ3) is 6.10. The highest BCUT2D eigenvalue weighted by Gasteiger charge is 2.20. The SMILES string of the molecule is CCC(C)NC(=O)c1cc(NC(=O)Nc2ccc(F)c(Cl)c2)ccc1N1CCCCC1. The van der Waals surface area contributed by atoms with E-state index in [0.717, 1.165) is 38.0 Å². The van der Waals surface area contributed by atoms with E-state index in [9.17, 15) is 14.0 Å². The van der Waals surface area contributed by atoms with Crippen LogP contribution in [0.15, 0.2) is 36.4 Å². The number of halogens is 2. The number of benzene rings is 2. The van der Waals surface area contributed by atoms with Gasteiger partial charge in [0.1, 0.15) is 5.82 Å². The molecular weight excluding hydrogens is 419 g/mol. The zero-order chi connectivity index (χ0) is 22.4. The number of carbonyl (C=O) groups is 2. The number of hydrogen-bond acceptors (Lipinski definition) is 3. The van der Waals surface area contributed by atoms with Gasteiger partial charge in [-0.05, 0) is 69.0 Å². The number of urea groups is 1. The summed E-state index contributed by atoms with van der Waals surface area (Å²) in [5.41, 5.74) is 2.26. The topological polar surface area (TPSA) is 73.5 Å². The van der Waals surface area contributed by atoms with Crippen LogP contribution in [0.3, 0.4) is 0 Å². The van der Waals surface area contributed by atoms with E-state index in [0.29, 0.717) is 16.9 Å². The molecule has 0 bridgehead atoms. The number of rotatable bonds is 6. The van der Waals surface area contributed by atoms with E-state index in [4.69, 9.17) is 11.6 Å². The predicted molar refractivity (Wildman–Crippen MR) is 124 cm³/mol. The van der Waals surface area contributed by atoms with E-state index in [2.05, 4.69) is 20.9 Å². The van der Waals surface area contributed by atoms with Crippen molar-refractivity contribution in [2.75, 3.05) is 28.6 Å². The first-order valence-corrected chi connectivity index (χ1v) is 11.0. The van der Waals surface area contributed by atoms with Gasteiger partial charge in [0.05, 0.1) is 10.6 Å². The largest absolute Gasteiger partial charge is 0.371 e. The van der Waals surface area contributed by atoms with Crippen molar-refractivity contribution in [2.24, 2.45) is 0 Å². The lowest BCUT2D eigenvalue weighted by Gasteiger charge is -2.31. The molecule has 1 atom stereocenters. The van der Waals surface area contributed by atoms with Crippen LogP contribution in [-0.4, -0.2) is 31.1 Å². The third-order valence-electron chi connectivity index (χ3n) is 5.36. The zero-order valence-electron chi connectivity index (χ0n) is 17.8. The number of amides is 3. The summed E-state index contributed by atoms with van der Waals surface area (Å²) in [4.78, 5) is 27.6. The Bertz CT molecular complexity index is 947. The molecule has 0 saturated carbocycles. The molecule has 3 amide bonds. The second-order valence-electron chi connectivity index (χ2n) is 7.77. The van der Waals surface area contributed by atoms with Crippen LogP contribution >= 0.6 is 11.6 Å². The normalized spacial score (nSPS) is 14.6. The van der Waals surface area contributed by atoms with Gasteiger partial charge in [-0.3, -0.25) is 4.79 Å². The van der Waals surface area contributed by atoms with Crippen molar-refractivity contribution >= 4 is 40.6 Å². The van der Waals surface area contributed by atoms with Crippen molar-refractivity contribution in [3.8, 4) is 0 Å². The van der Waals surface area contributed by atoms with Gasteiger partial charge in [0.15, 0.2) is 0 Å². The Balaban J connectivity index is 1.79. The Morgan fingerprint density at radius 1 is 1.06 bits per heavy atom. The monoisotopic (exact) mass is 446 g/mol. The second-order valence-corrected chi connectivity index (χ2v) is 8.18. The summed E-state index contributed by atoms with van der Waals surface area (Å²) in [5.74, 6) is -0.720. The van der Waals surface area contributed by atoms with Gasteiger partial charge in [0.25, 0.3) is 5.91 Å². The Morgan fingerprint density at radius 3 is 2.35 bits per heavy atom. The summed E-state index contributed by atoms with van der Waals surface area (Å²) in [6.45, 7) is 5.78. The lowest BCUT2D eigenvalue weighted by atomic mass is 10.1. The Labute approximate surface area is 187 Å². The predicted octanol–water partition coefficient (Wildman–Crippen LogP) is 5.64. The smallest absolute Gasteiger partial charge is 0.323 e. The molecule has 0 spiro atoms. The molecule has 1 saturated heterocycles. The maximum absolute atomic E-state index is 13.3. The molecule has 3 N–H and O–H groups in total. The van der Waals surface area contributed by atoms with Crippen LogP contribution < -0.4 is 20.9 Å². The summed E-state index contributed by atoms with van der Waals surface area (Å²) >= 11 is 5.76. The third-order valence-corrected chi connectivity index (χ3v) is 5.65. The molecule has 166 valence electrons. The average Bonchev–Trinajstić information content (AvgIpc) is 2.76. The number of nitrogens with zero attached hydrogens (tertiary/aromatic N) is 1. The summed E-state index contributed by atoms with van der Waals surface area (Å²) < 4.78 is 13.3. The highest BCUT2D eigenvalue weighted by Crippen LogP contribution is 2.28. The lowest BCUT2D eigenvalue weighted by Crippen LogP contribution is -2.35. The molecule has 1 unspecified atom stereocenters. The first kappa shape index (κ1) is 22.9. The van der Waals surface area contributed by atoms with E-state index >= 15 is 0 Å². The van der Waals surface area contributed by atoms with Gasteiger partial charge < -0.3 is 20.9 Å². The van der Waals surface area contributed by atoms with Crippen LogP contribution in [0, 0.1) is 5.82 Å². The number of anilines is 3. The van der Waals surface area contributed by atoms with E-state index in [1.165, 1.54) is 24.6 Å². The van der Waals surface area contributed by atoms with Crippen molar-refractivity contribution < 1.29 is 14.0 Å². The lowest BCUT2D eigenvalue weighted by molar-refractivity contribution is 0.0939. The average molecular weight is 447 g/mol. The molecule has 2 aromatic carbocycles. The van der Waals surface area contributed by atoms with Crippen LogP contribution in [0.4, 0.5) is 26.2 Å². The Kier molecular flexibility index (Phi) is 7.74. The maximum Gasteiger partial charge on any atom is 0.323 e. The standard InChI is InChI=1S/C23H28ClFN4O2/c1-3-15(2)26-22(30)18-13-16(8-10-21(18)29-11-5-4-6-12-29)27-23(31)28-17-7-9-20(25)19(24)14-17/h7-10,13-15H,3-6,11-12H2,1-2H3,(H,26,30)(H2,27,28,31). The van der Waals surface area contributed by atoms with Crippen LogP contribution in [-0.2, 0) is 0 Å². The fourth-order valence-corrected chi connectivity index (χ4v) is 3.66. The molecule has 1 aliphatic heterocycles. The van der Waals surface area contributed by atoms with E-state index in [1.807, 2.05) is 19.9 Å². The van der Waals surface area contributed by atoms with E-state index in [-0.39, 0.29) is 17.0 Å². The minimum absolute atomic E-state index is 0.0462. The Hall–Kier alpha value is -2.80. The van der Waals surface area contributed by atoms with Crippen molar-refractivity contribution in [2.45, 2.75) is 45.6 Å². The molecule has 6 nitrogen and oxygen atoms in total. The molecular formula is C23H28ClFN4O2. The van der Waals surface area contributed by atoms with Gasteiger partial charge in [0, 0.05) is 36.2 Å². The molecule has 1 fully saturated rings. The van der Waals surface area contributed by atoms with Crippen LogP contribution in [0.1, 0.15) is 49.9 Å². The fraction of sp³-hybridized carbons (Fsp3) is 0.391. The second kappa shape index (κ2) is 10.5. The highest BCUT2D eigenvalue weighted by atomic mass is 35.5. The molecule has 2 aromatic rings. The van der Waals surface area contributed by atoms with Crippen LogP contribution in [0.2, 0.25) is 5.02 Å². The van der Waals surface area contributed by atoms with Crippen LogP contribution in [0.5, 0.6) is 0 Å². The molecule has 1 aliphatic rings. The van der Waals surface area contributed by atoms with Crippen molar-refractivity contribution in [3.05, 3.63) is 52.8 Å². The van der Waals surface area contributed by atoms with Gasteiger partial charge in [-0.25, -0.2) is 9.18 Å². The van der Waals surface area contributed by atoms with E-state index in [1.54, 1.807) is 12.1 Å². The zero-order valence-corrected chi connectivity index (χ0v) is 18.6. The Morgan fingerprint density at radius 2 is 1.71 bits per heavy atom. The number of hydrogen-bond donors (Lipinski definition) is 3. The van der Waals surface area contributed by atoms with Crippen molar-refractivity contribution in [3.63, 3.8) is 0 Å². The van der Waals surface area contributed by atoms with Gasteiger partial charge in [0.2, 0.25) is 0 Å². The van der Waals surface area contributed by atoms with E-state index < -0.39 is 11.8 Å². The molecule has 31 heavy (non-hydrogen) atoms. The number of piperidine rings is 1. The highest BCUT2D eigenvalue weighted by molar-refractivity contribution is 6.31. The molecule has 0 radical (unpaired) electrons. The quantitative estimate of drug-likeness (QED) is 0.537. The maximum atomic E-state index is 13.3. The summed E-state index contributed by atoms with van der Waals surface area (Å²) in [6.07, 6.45) is 4.20. The molecule has 1 heterocycles. The molecule has 0 aliphatic carbocycles.